The fourth-order valence-corrected chi connectivity index (χ4v) is 2.00. The van der Waals surface area contributed by atoms with Gasteiger partial charge in [-0.05, 0) is 34.2 Å². The molecule has 0 unspecified atom stereocenters. The number of methoxy groups -OCH3 is 1. The molecule has 2 N–H and O–H groups in total. The molecule has 0 saturated heterocycles. The van der Waals surface area contributed by atoms with Crippen molar-refractivity contribution in [2.24, 2.45) is 5.73 Å². The van der Waals surface area contributed by atoms with Gasteiger partial charge in [0, 0.05) is 10.1 Å². The number of esters is 1. The Balaban J connectivity index is 3.16. The highest BCUT2D eigenvalue weighted by atomic mass is 127. The fraction of sp³-hybridized carbons (Fsp3) is 0.400. The lowest BCUT2D eigenvalue weighted by Crippen LogP contribution is -2.13. The SMILES string of the molecule is COC(=O)Cc1nc(C(F)F)c(I)cc1CN. The van der Waals surface area contributed by atoms with Gasteiger partial charge in [-0.3, -0.25) is 4.79 Å². The van der Waals surface area contributed by atoms with Crippen molar-refractivity contribution in [2.75, 3.05) is 7.11 Å². The van der Waals surface area contributed by atoms with Crippen molar-refractivity contribution in [1.29, 1.82) is 0 Å². The third-order valence-corrected chi connectivity index (χ3v) is 3.00. The van der Waals surface area contributed by atoms with E-state index in [1.807, 2.05) is 0 Å². The first kappa shape index (κ1) is 14.2. The molecule has 1 aromatic heterocycles. The van der Waals surface area contributed by atoms with Gasteiger partial charge in [-0.25, -0.2) is 13.8 Å². The van der Waals surface area contributed by atoms with Crippen LogP contribution in [0, 0.1) is 3.57 Å². The molecular weight excluding hydrogens is 345 g/mol. The number of alkyl halides is 2. The second-order valence-electron chi connectivity index (χ2n) is 3.22. The highest BCUT2D eigenvalue weighted by Crippen LogP contribution is 2.24. The van der Waals surface area contributed by atoms with Crippen molar-refractivity contribution in [2.45, 2.75) is 19.4 Å². The molecule has 1 aromatic rings. The minimum absolute atomic E-state index is 0.138. The van der Waals surface area contributed by atoms with Gasteiger partial charge in [0.1, 0.15) is 5.69 Å². The van der Waals surface area contributed by atoms with Gasteiger partial charge < -0.3 is 10.5 Å². The summed E-state index contributed by atoms with van der Waals surface area (Å²) in [5.41, 5.74) is 5.97. The molecule has 0 aliphatic carbocycles. The van der Waals surface area contributed by atoms with Crippen LogP contribution in [0.2, 0.25) is 0 Å². The normalized spacial score (nSPS) is 10.7. The lowest BCUT2D eigenvalue weighted by atomic mass is 10.1. The molecule has 0 fully saturated rings. The molecule has 0 atom stereocenters. The quantitative estimate of drug-likeness (QED) is 0.660. The van der Waals surface area contributed by atoms with Crippen LogP contribution in [-0.2, 0) is 22.5 Å². The van der Waals surface area contributed by atoms with E-state index >= 15 is 0 Å². The molecule has 0 aliphatic heterocycles. The van der Waals surface area contributed by atoms with Crippen LogP contribution in [0.5, 0.6) is 0 Å². The summed E-state index contributed by atoms with van der Waals surface area (Å²) in [5.74, 6) is -0.534. The Hall–Kier alpha value is -0.830. The van der Waals surface area contributed by atoms with Crippen LogP contribution >= 0.6 is 22.6 Å². The van der Waals surface area contributed by atoms with Gasteiger partial charge in [-0.15, -0.1) is 0 Å². The predicted molar refractivity (Wildman–Crippen MR) is 65.5 cm³/mol. The predicted octanol–water partition coefficient (Wildman–Crippen LogP) is 1.80. The van der Waals surface area contributed by atoms with Crippen molar-refractivity contribution < 1.29 is 18.3 Å². The van der Waals surface area contributed by atoms with E-state index in [4.69, 9.17) is 5.73 Å². The standard InChI is InChI=1S/C10H11F2IN2O2/c1-17-8(16)3-7-5(4-14)2-6(13)9(15-7)10(11)12/h2,10H,3-4,14H2,1H3. The maximum absolute atomic E-state index is 12.6. The molecule has 0 amide bonds. The van der Waals surface area contributed by atoms with Crippen molar-refractivity contribution in [1.82, 2.24) is 4.98 Å². The van der Waals surface area contributed by atoms with E-state index in [0.29, 0.717) is 9.13 Å². The zero-order chi connectivity index (χ0) is 13.0. The van der Waals surface area contributed by atoms with Crippen molar-refractivity contribution in [3.63, 3.8) is 0 Å². The average Bonchev–Trinajstić information content (AvgIpc) is 2.30. The van der Waals surface area contributed by atoms with E-state index < -0.39 is 12.4 Å². The summed E-state index contributed by atoms with van der Waals surface area (Å²) < 4.78 is 30.1. The molecule has 94 valence electrons. The molecule has 0 bridgehead atoms. The number of ether oxygens (including phenoxy) is 1. The van der Waals surface area contributed by atoms with Gasteiger partial charge in [0.15, 0.2) is 0 Å². The Bertz CT molecular complexity index is 427. The number of aromatic nitrogens is 1. The zero-order valence-corrected chi connectivity index (χ0v) is 11.2. The van der Waals surface area contributed by atoms with Gasteiger partial charge in [0.05, 0.1) is 19.2 Å². The van der Waals surface area contributed by atoms with Crippen LogP contribution in [0.15, 0.2) is 6.07 Å². The van der Waals surface area contributed by atoms with Crippen LogP contribution in [0.1, 0.15) is 23.4 Å². The summed E-state index contributed by atoms with van der Waals surface area (Å²) >= 11 is 1.77. The second-order valence-corrected chi connectivity index (χ2v) is 4.38. The monoisotopic (exact) mass is 356 g/mol. The lowest BCUT2D eigenvalue weighted by Gasteiger charge is -2.10. The van der Waals surface area contributed by atoms with Crippen LogP contribution in [0.25, 0.3) is 0 Å². The number of carbonyl (C=O) groups excluding carboxylic acids is 1. The molecule has 4 nitrogen and oxygen atoms in total. The molecule has 1 rings (SSSR count). The minimum Gasteiger partial charge on any atom is -0.469 e. The van der Waals surface area contributed by atoms with Crippen LogP contribution in [0.3, 0.4) is 0 Å². The summed E-state index contributed by atoms with van der Waals surface area (Å²) in [4.78, 5) is 14.9. The van der Waals surface area contributed by atoms with Crippen molar-refractivity contribution in [3.8, 4) is 0 Å². The Labute approximate surface area is 111 Å². The van der Waals surface area contributed by atoms with Gasteiger partial charge in [0.2, 0.25) is 0 Å². The number of carbonyl (C=O) groups is 1. The van der Waals surface area contributed by atoms with Gasteiger partial charge in [0.25, 0.3) is 6.43 Å². The van der Waals surface area contributed by atoms with Gasteiger partial charge in [-0.2, -0.15) is 0 Å². The number of hydrogen-bond acceptors (Lipinski definition) is 4. The summed E-state index contributed by atoms with van der Waals surface area (Å²) in [6.45, 7) is 0.138. The second kappa shape index (κ2) is 6.20. The van der Waals surface area contributed by atoms with E-state index in [0.717, 1.165) is 0 Å². The molecular formula is C10H11F2IN2O2. The molecule has 0 aliphatic rings. The molecule has 1 heterocycles. The Morgan fingerprint density at radius 1 is 1.65 bits per heavy atom. The van der Waals surface area contributed by atoms with Crippen LogP contribution in [0.4, 0.5) is 8.78 Å². The van der Waals surface area contributed by atoms with E-state index in [1.165, 1.54) is 13.2 Å². The Morgan fingerprint density at radius 3 is 2.76 bits per heavy atom. The highest BCUT2D eigenvalue weighted by molar-refractivity contribution is 14.1. The molecule has 0 saturated carbocycles. The van der Waals surface area contributed by atoms with E-state index in [9.17, 15) is 13.6 Å². The number of nitrogens with zero attached hydrogens (tertiary/aromatic N) is 1. The molecule has 0 aromatic carbocycles. The third kappa shape index (κ3) is 3.56. The van der Waals surface area contributed by atoms with E-state index in [-0.39, 0.29) is 24.4 Å². The number of hydrogen-bond donors (Lipinski definition) is 1. The average molecular weight is 356 g/mol. The molecule has 17 heavy (non-hydrogen) atoms. The van der Waals surface area contributed by atoms with Crippen molar-refractivity contribution in [3.05, 3.63) is 26.6 Å². The molecule has 7 heteroatoms. The maximum atomic E-state index is 12.6. The fourth-order valence-electron chi connectivity index (χ4n) is 1.27. The number of halogens is 3. The Kier molecular flexibility index (Phi) is 5.19. The van der Waals surface area contributed by atoms with E-state index in [1.54, 1.807) is 22.6 Å². The number of nitrogens with two attached hydrogens (primary N) is 1. The lowest BCUT2D eigenvalue weighted by molar-refractivity contribution is -0.139. The topological polar surface area (TPSA) is 65.2 Å². The smallest absolute Gasteiger partial charge is 0.311 e. The first-order chi connectivity index (χ1) is 7.99. The molecule has 0 radical (unpaired) electrons. The van der Waals surface area contributed by atoms with Gasteiger partial charge in [-0.1, -0.05) is 0 Å². The summed E-state index contributed by atoms with van der Waals surface area (Å²) in [6, 6.07) is 1.52. The first-order valence-electron chi connectivity index (χ1n) is 4.72. The molecule has 0 spiro atoms. The zero-order valence-electron chi connectivity index (χ0n) is 9.04. The Morgan fingerprint density at radius 2 is 2.29 bits per heavy atom. The number of pyridine rings is 1. The number of rotatable bonds is 4. The van der Waals surface area contributed by atoms with E-state index in [2.05, 4.69) is 9.72 Å². The highest BCUT2D eigenvalue weighted by Gasteiger charge is 2.18. The maximum Gasteiger partial charge on any atom is 0.311 e. The summed E-state index contributed by atoms with van der Waals surface area (Å²) in [5, 5.41) is 0. The summed E-state index contributed by atoms with van der Waals surface area (Å²) in [6.07, 6.45) is -2.83. The largest absolute Gasteiger partial charge is 0.469 e. The van der Waals surface area contributed by atoms with Crippen LogP contribution < -0.4 is 5.73 Å². The minimum atomic E-state index is -2.68. The first-order valence-corrected chi connectivity index (χ1v) is 5.80. The van der Waals surface area contributed by atoms with Crippen molar-refractivity contribution >= 4 is 28.6 Å². The van der Waals surface area contributed by atoms with Gasteiger partial charge >= 0.3 is 5.97 Å². The third-order valence-electron chi connectivity index (χ3n) is 2.14. The summed E-state index contributed by atoms with van der Waals surface area (Å²) in [7, 11) is 1.23. The van der Waals surface area contributed by atoms with Crippen LogP contribution in [-0.4, -0.2) is 18.1 Å².